The van der Waals surface area contributed by atoms with Crippen molar-refractivity contribution in [1.82, 2.24) is 0 Å². The number of rotatable bonds is 5. The highest BCUT2D eigenvalue weighted by Gasteiger charge is 2.14. The summed E-state index contributed by atoms with van der Waals surface area (Å²) in [6.07, 6.45) is 6.03. The molecule has 2 heteroatoms. The van der Waals surface area contributed by atoms with Crippen LogP contribution in [0.25, 0.3) is 0 Å². The van der Waals surface area contributed by atoms with E-state index in [4.69, 9.17) is 4.74 Å². The van der Waals surface area contributed by atoms with Crippen LogP contribution >= 0.6 is 0 Å². The van der Waals surface area contributed by atoms with Crippen LogP contribution in [0.1, 0.15) is 38.2 Å². The van der Waals surface area contributed by atoms with Gasteiger partial charge in [0, 0.05) is 5.56 Å². The first-order valence-corrected chi connectivity index (χ1v) is 5.67. The molecule has 0 saturated heterocycles. The molecule has 0 aliphatic heterocycles. The molecule has 0 aromatic heterocycles. The summed E-state index contributed by atoms with van der Waals surface area (Å²) < 4.78 is 18.5. The van der Waals surface area contributed by atoms with Crippen molar-refractivity contribution in [3.05, 3.63) is 41.7 Å². The van der Waals surface area contributed by atoms with Gasteiger partial charge in [0.1, 0.15) is 11.6 Å². The molecule has 0 spiro atoms. The zero-order chi connectivity index (χ0) is 12.0. The third kappa shape index (κ3) is 3.09. The second kappa shape index (κ2) is 6.31. The van der Waals surface area contributed by atoms with Gasteiger partial charge in [-0.3, -0.25) is 0 Å². The number of allylic oxidation sites excluding steroid dienone is 2. The van der Waals surface area contributed by atoms with Crippen LogP contribution in [0.5, 0.6) is 5.75 Å². The Morgan fingerprint density at radius 2 is 2.19 bits per heavy atom. The number of methoxy groups -OCH3 is 1. The maximum Gasteiger partial charge on any atom is 0.123 e. The summed E-state index contributed by atoms with van der Waals surface area (Å²) in [4.78, 5) is 0. The van der Waals surface area contributed by atoms with E-state index in [1.165, 1.54) is 6.07 Å². The largest absolute Gasteiger partial charge is 0.496 e. The first-order valence-electron chi connectivity index (χ1n) is 5.67. The molecule has 1 aromatic carbocycles. The summed E-state index contributed by atoms with van der Waals surface area (Å²) in [6.45, 7) is 4.11. The van der Waals surface area contributed by atoms with E-state index >= 15 is 0 Å². The van der Waals surface area contributed by atoms with Gasteiger partial charge in [-0.05, 0) is 43.9 Å². The molecule has 0 fully saturated rings. The summed E-state index contributed by atoms with van der Waals surface area (Å²) in [5.41, 5.74) is 0.961. The van der Waals surface area contributed by atoms with Gasteiger partial charge in [0.2, 0.25) is 0 Å². The molecule has 0 saturated carbocycles. The first kappa shape index (κ1) is 12.8. The zero-order valence-electron chi connectivity index (χ0n) is 10.2. The predicted molar refractivity (Wildman–Crippen MR) is 65.4 cm³/mol. The van der Waals surface area contributed by atoms with Gasteiger partial charge in [-0.15, -0.1) is 0 Å². The lowest BCUT2D eigenvalue weighted by Gasteiger charge is -2.16. The van der Waals surface area contributed by atoms with E-state index in [0.29, 0.717) is 5.92 Å². The van der Waals surface area contributed by atoms with Crippen molar-refractivity contribution in [3.8, 4) is 5.75 Å². The molecule has 1 atom stereocenters. The molecular weight excluding hydrogens is 203 g/mol. The van der Waals surface area contributed by atoms with Crippen LogP contribution in [-0.2, 0) is 0 Å². The Morgan fingerprint density at radius 1 is 1.44 bits per heavy atom. The Bertz CT molecular complexity index is 358. The van der Waals surface area contributed by atoms with E-state index in [2.05, 4.69) is 13.0 Å². The van der Waals surface area contributed by atoms with Gasteiger partial charge in [-0.1, -0.05) is 19.1 Å². The monoisotopic (exact) mass is 222 g/mol. The van der Waals surface area contributed by atoms with Crippen LogP contribution in [0.4, 0.5) is 4.39 Å². The molecule has 1 nitrogen and oxygen atoms in total. The normalized spacial score (nSPS) is 13.0. The number of benzene rings is 1. The lowest BCUT2D eigenvalue weighted by atomic mass is 9.92. The number of hydrogen-bond acceptors (Lipinski definition) is 1. The minimum atomic E-state index is -0.199. The second-order valence-corrected chi connectivity index (χ2v) is 3.80. The summed E-state index contributed by atoms with van der Waals surface area (Å²) in [7, 11) is 1.62. The van der Waals surface area contributed by atoms with Gasteiger partial charge in [0.05, 0.1) is 7.11 Å². The van der Waals surface area contributed by atoms with E-state index in [-0.39, 0.29) is 5.82 Å². The minimum absolute atomic E-state index is 0.199. The van der Waals surface area contributed by atoms with E-state index in [0.717, 1.165) is 24.2 Å². The Morgan fingerprint density at radius 3 is 2.75 bits per heavy atom. The molecule has 88 valence electrons. The summed E-state index contributed by atoms with van der Waals surface area (Å²) >= 11 is 0. The predicted octanol–water partition coefficient (Wildman–Crippen LogP) is 4.29. The molecule has 0 aliphatic rings. The van der Waals surface area contributed by atoms with Crippen molar-refractivity contribution in [3.63, 3.8) is 0 Å². The molecule has 0 aliphatic carbocycles. The Balaban J connectivity index is 3.01. The van der Waals surface area contributed by atoms with Gasteiger partial charge >= 0.3 is 0 Å². The van der Waals surface area contributed by atoms with Gasteiger partial charge < -0.3 is 4.74 Å². The summed E-state index contributed by atoms with van der Waals surface area (Å²) in [5, 5.41) is 0. The average molecular weight is 222 g/mol. The highest BCUT2D eigenvalue weighted by molar-refractivity contribution is 5.37. The van der Waals surface area contributed by atoms with Gasteiger partial charge in [-0.25, -0.2) is 4.39 Å². The van der Waals surface area contributed by atoms with Crippen LogP contribution in [0.3, 0.4) is 0 Å². The fraction of sp³-hybridized carbons (Fsp3) is 0.429. The zero-order valence-corrected chi connectivity index (χ0v) is 10.2. The third-order valence-electron chi connectivity index (χ3n) is 2.78. The Hall–Kier alpha value is -1.31. The maximum atomic E-state index is 13.2. The van der Waals surface area contributed by atoms with Crippen molar-refractivity contribution in [1.29, 1.82) is 0 Å². The van der Waals surface area contributed by atoms with Crippen molar-refractivity contribution in [2.75, 3.05) is 7.11 Å². The number of halogens is 1. The molecule has 1 aromatic rings. The quantitative estimate of drug-likeness (QED) is 0.675. The van der Waals surface area contributed by atoms with Crippen molar-refractivity contribution >= 4 is 0 Å². The molecular formula is C14H19FO. The lowest BCUT2D eigenvalue weighted by Crippen LogP contribution is -2.00. The standard InChI is InChI=1S/C14H19FO/c1-4-6-7-11(5-2)13-10-12(15)8-9-14(13)16-3/h4,6,8-11H,5,7H2,1-3H3/b6-4-. The Kier molecular flexibility index (Phi) is 5.03. The average Bonchev–Trinajstić information content (AvgIpc) is 2.30. The molecule has 1 unspecified atom stereocenters. The summed E-state index contributed by atoms with van der Waals surface area (Å²) in [5.74, 6) is 0.898. The Labute approximate surface area is 96.9 Å². The van der Waals surface area contributed by atoms with Crippen molar-refractivity contribution in [2.45, 2.75) is 32.6 Å². The van der Waals surface area contributed by atoms with Gasteiger partial charge in [0.25, 0.3) is 0 Å². The highest BCUT2D eigenvalue weighted by Crippen LogP contribution is 2.32. The smallest absolute Gasteiger partial charge is 0.123 e. The first-order chi connectivity index (χ1) is 7.72. The third-order valence-corrected chi connectivity index (χ3v) is 2.78. The van der Waals surface area contributed by atoms with Gasteiger partial charge in [-0.2, -0.15) is 0 Å². The molecule has 0 radical (unpaired) electrons. The highest BCUT2D eigenvalue weighted by atomic mass is 19.1. The molecule has 0 amide bonds. The fourth-order valence-electron chi connectivity index (χ4n) is 1.84. The second-order valence-electron chi connectivity index (χ2n) is 3.80. The molecule has 1 rings (SSSR count). The van der Waals surface area contributed by atoms with Crippen LogP contribution in [0.15, 0.2) is 30.4 Å². The van der Waals surface area contributed by atoms with E-state index in [1.807, 2.05) is 13.0 Å². The molecule has 16 heavy (non-hydrogen) atoms. The summed E-state index contributed by atoms with van der Waals surface area (Å²) in [6, 6.07) is 4.71. The van der Waals surface area contributed by atoms with Gasteiger partial charge in [0.15, 0.2) is 0 Å². The minimum Gasteiger partial charge on any atom is -0.496 e. The van der Waals surface area contributed by atoms with Crippen LogP contribution in [0.2, 0.25) is 0 Å². The van der Waals surface area contributed by atoms with Crippen molar-refractivity contribution < 1.29 is 9.13 Å². The lowest BCUT2D eigenvalue weighted by molar-refractivity contribution is 0.403. The van der Waals surface area contributed by atoms with E-state index in [9.17, 15) is 4.39 Å². The molecule has 0 heterocycles. The van der Waals surface area contributed by atoms with Crippen molar-refractivity contribution in [2.24, 2.45) is 0 Å². The number of ether oxygens (including phenoxy) is 1. The topological polar surface area (TPSA) is 9.23 Å². The number of hydrogen-bond donors (Lipinski definition) is 0. The molecule has 0 N–H and O–H groups in total. The SMILES string of the molecule is C/C=C\CC(CC)c1cc(F)ccc1OC. The van der Waals surface area contributed by atoms with Crippen LogP contribution in [0, 0.1) is 5.82 Å². The maximum absolute atomic E-state index is 13.2. The molecule has 0 bridgehead atoms. The fourth-order valence-corrected chi connectivity index (χ4v) is 1.84. The van der Waals surface area contributed by atoms with E-state index in [1.54, 1.807) is 19.2 Å². The van der Waals surface area contributed by atoms with Crippen LogP contribution < -0.4 is 4.74 Å². The van der Waals surface area contributed by atoms with E-state index < -0.39 is 0 Å². The van der Waals surface area contributed by atoms with Crippen LogP contribution in [-0.4, -0.2) is 7.11 Å².